The Bertz CT molecular complexity index is 1880. The fourth-order valence-corrected chi connectivity index (χ4v) is 6.60. The molecule has 0 N–H and O–H groups in total. The fraction of sp³-hybridized carbons (Fsp3) is 0.143. The smallest absolute Gasteiger partial charge is 0.102 e. The lowest BCUT2D eigenvalue weighted by Crippen LogP contribution is -1.79. The molecule has 0 atom stereocenters. The molecule has 0 aliphatic carbocycles. The van der Waals surface area contributed by atoms with Crippen molar-refractivity contribution in [3.05, 3.63) is 93.9 Å². The van der Waals surface area contributed by atoms with Gasteiger partial charge in [-0.3, -0.25) is 19.9 Å². The van der Waals surface area contributed by atoms with E-state index < -0.39 is 0 Å². The van der Waals surface area contributed by atoms with Crippen LogP contribution in [0.3, 0.4) is 0 Å². The number of aryl methyl sites for hydroxylation is 4. The van der Waals surface area contributed by atoms with Crippen molar-refractivity contribution < 1.29 is 0 Å². The zero-order chi connectivity index (χ0) is 27.9. The van der Waals surface area contributed by atoms with Crippen LogP contribution in [0.1, 0.15) is 22.0 Å². The molecule has 200 valence electrons. The van der Waals surface area contributed by atoms with Crippen LogP contribution in [0, 0.1) is 27.7 Å². The molecular formula is C28H24N8S4. The van der Waals surface area contributed by atoms with E-state index in [0.717, 1.165) is 38.5 Å². The number of fused-ring (bicyclic) bond motifs is 4. The van der Waals surface area contributed by atoms with Crippen molar-refractivity contribution in [2.24, 2.45) is 0 Å². The Morgan fingerprint density at radius 3 is 2.17 bits per heavy atom. The highest BCUT2D eigenvalue weighted by Crippen LogP contribution is 2.20. The molecule has 8 rings (SSSR count). The minimum absolute atomic E-state index is 0.996. The molecule has 0 unspecified atom stereocenters. The van der Waals surface area contributed by atoms with Crippen molar-refractivity contribution in [1.82, 2.24) is 39.9 Å². The predicted molar refractivity (Wildman–Crippen MR) is 169 cm³/mol. The van der Waals surface area contributed by atoms with Crippen LogP contribution in [-0.2, 0) is 0 Å². The highest BCUT2D eigenvalue weighted by Gasteiger charge is 1.99. The summed E-state index contributed by atoms with van der Waals surface area (Å²) in [5.74, 6) is 0. The van der Waals surface area contributed by atoms with Crippen molar-refractivity contribution in [1.29, 1.82) is 0 Å². The van der Waals surface area contributed by atoms with Crippen molar-refractivity contribution >= 4 is 86.2 Å². The SMILES string of the molecule is Cc1cc2scnc2cn1.Cc1cncc2ncsc12.Cc1nc2cnccc2s1.Cc1nccc2scnc12. The Hall–Kier alpha value is -3.84. The number of hydrogen-bond acceptors (Lipinski definition) is 12. The van der Waals surface area contributed by atoms with Gasteiger partial charge in [0.2, 0.25) is 0 Å². The van der Waals surface area contributed by atoms with Crippen LogP contribution in [0.4, 0.5) is 0 Å². The van der Waals surface area contributed by atoms with Crippen LogP contribution in [0.15, 0.2) is 71.9 Å². The molecule has 8 aromatic heterocycles. The average molecular weight is 601 g/mol. The van der Waals surface area contributed by atoms with E-state index in [1.54, 1.807) is 70.1 Å². The van der Waals surface area contributed by atoms with Crippen LogP contribution in [0.25, 0.3) is 40.9 Å². The second-order valence-electron chi connectivity index (χ2n) is 8.47. The van der Waals surface area contributed by atoms with Gasteiger partial charge in [-0.1, -0.05) is 0 Å². The Morgan fingerprint density at radius 2 is 1.35 bits per heavy atom. The normalized spacial score (nSPS) is 10.5. The number of aromatic nitrogens is 8. The maximum Gasteiger partial charge on any atom is 0.102 e. The monoisotopic (exact) mass is 600 g/mol. The van der Waals surface area contributed by atoms with Crippen molar-refractivity contribution in [3.63, 3.8) is 0 Å². The molecule has 0 radical (unpaired) electrons. The standard InChI is InChI=1S/4C7H6N2S/c1-5-2-8-3-6-7(5)10-4-9-6;1-5-2-7-6(3-8-5)9-4-10-7;1-5-9-6-4-8-3-2-7(6)10-5;1-5-7-6(2-3-8-5)10-4-9-7/h4*2-4H,1H3. The fourth-order valence-electron chi connectivity index (χ4n) is 3.60. The third kappa shape index (κ3) is 6.83. The van der Waals surface area contributed by atoms with Gasteiger partial charge in [0.05, 0.1) is 81.2 Å². The topological polar surface area (TPSA) is 103 Å². The van der Waals surface area contributed by atoms with Gasteiger partial charge >= 0.3 is 0 Å². The van der Waals surface area contributed by atoms with E-state index in [4.69, 9.17) is 0 Å². The summed E-state index contributed by atoms with van der Waals surface area (Å²) in [6, 6.07) is 6.02. The number of hydrogen-bond donors (Lipinski definition) is 0. The van der Waals surface area contributed by atoms with E-state index >= 15 is 0 Å². The summed E-state index contributed by atoms with van der Waals surface area (Å²) in [7, 11) is 0. The van der Waals surface area contributed by atoms with E-state index in [1.807, 2.05) is 74.8 Å². The summed E-state index contributed by atoms with van der Waals surface area (Å²) in [6.45, 7) is 8.01. The van der Waals surface area contributed by atoms with Crippen LogP contribution in [0.2, 0.25) is 0 Å². The lowest BCUT2D eigenvalue weighted by Gasteiger charge is -1.89. The van der Waals surface area contributed by atoms with E-state index in [1.165, 1.54) is 24.4 Å². The van der Waals surface area contributed by atoms with Gasteiger partial charge in [-0.2, -0.15) is 0 Å². The predicted octanol–water partition coefficient (Wildman–Crippen LogP) is 8.00. The molecular weight excluding hydrogens is 577 g/mol. The summed E-state index contributed by atoms with van der Waals surface area (Å²) in [4.78, 5) is 32.9. The van der Waals surface area contributed by atoms with E-state index in [-0.39, 0.29) is 0 Å². The molecule has 0 bridgehead atoms. The number of thiazole rings is 4. The molecule has 0 saturated carbocycles. The van der Waals surface area contributed by atoms with Gasteiger partial charge in [-0.25, -0.2) is 19.9 Å². The first kappa shape index (κ1) is 27.7. The highest BCUT2D eigenvalue weighted by molar-refractivity contribution is 7.18. The third-order valence-corrected chi connectivity index (χ3v) is 9.02. The van der Waals surface area contributed by atoms with Crippen molar-refractivity contribution in [3.8, 4) is 0 Å². The molecule has 0 spiro atoms. The van der Waals surface area contributed by atoms with E-state index in [2.05, 4.69) is 39.9 Å². The molecule has 8 heterocycles. The second kappa shape index (κ2) is 13.0. The van der Waals surface area contributed by atoms with Crippen LogP contribution in [0.5, 0.6) is 0 Å². The Kier molecular flexibility index (Phi) is 9.01. The molecule has 0 saturated heterocycles. The molecule has 0 aliphatic rings. The van der Waals surface area contributed by atoms with Gasteiger partial charge in [0.15, 0.2) is 0 Å². The van der Waals surface area contributed by atoms with E-state index in [9.17, 15) is 0 Å². The molecule has 12 heteroatoms. The first-order valence-corrected chi connectivity index (χ1v) is 15.5. The van der Waals surface area contributed by atoms with Gasteiger partial charge in [0.25, 0.3) is 0 Å². The zero-order valence-electron chi connectivity index (χ0n) is 22.1. The molecule has 40 heavy (non-hydrogen) atoms. The lowest BCUT2D eigenvalue weighted by atomic mass is 10.3. The first-order chi connectivity index (χ1) is 19.5. The molecule has 0 aromatic carbocycles. The molecule has 8 aromatic rings. The number of rotatable bonds is 0. The van der Waals surface area contributed by atoms with Crippen LogP contribution in [-0.4, -0.2) is 39.9 Å². The Labute approximate surface area is 246 Å². The first-order valence-electron chi connectivity index (χ1n) is 12.1. The third-order valence-electron chi connectivity index (χ3n) is 5.50. The summed E-state index contributed by atoms with van der Waals surface area (Å²) < 4.78 is 4.89. The van der Waals surface area contributed by atoms with Gasteiger partial charge in [-0.15, -0.1) is 45.3 Å². The highest BCUT2D eigenvalue weighted by atomic mass is 32.1. The summed E-state index contributed by atoms with van der Waals surface area (Å²) in [5.41, 5.74) is 12.8. The summed E-state index contributed by atoms with van der Waals surface area (Å²) in [5, 5.41) is 1.10. The Balaban J connectivity index is 0.000000108. The minimum atomic E-state index is 0.996. The minimum Gasteiger partial charge on any atom is -0.262 e. The van der Waals surface area contributed by atoms with Crippen LogP contribution < -0.4 is 0 Å². The van der Waals surface area contributed by atoms with Crippen LogP contribution >= 0.6 is 45.3 Å². The summed E-state index contributed by atoms with van der Waals surface area (Å²) >= 11 is 6.66. The second-order valence-corrected chi connectivity index (χ2v) is 12.3. The maximum absolute atomic E-state index is 4.27. The maximum atomic E-state index is 4.27. The number of pyridine rings is 4. The molecule has 0 aliphatic heterocycles. The molecule has 0 fully saturated rings. The molecule has 8 nitrogen and oxygen atoms in total. The van der Waals surface area contributed by atoms with Gasteiger partial charge in [0.1, 0.15) is 5.52 Å². The Morgan fingerprint density at radius 1 is 0.600 bits per heavy atom. The largest absolute Gasteiger partial charge is 0.262 e. The van der Waals surface area contributed by atoms with Crippen molar-refractivity contribution in [2.45, 2.75) is 27.7 Å². The van der Waals surface area contributed by atoms with Gasteiger partial charge < -0.3 is 0 Å². The quantitative estimate of drug-likeness (QED) is 0.172. The average Bonchev–Trinajstić information content (AvgIpc) is 3.76. The van der Waals surface area contributed by atoms with Gasteiger partial charge in [0, 0.05) is 24.3 Å². The lowest BCUT2D eigenvalue weighted by molar-refractivity contribution is 1.22. The van der Waals surface area contributed by atoms with Crippen molar-refractivity contribution in [2.75, 3.05) is 0 Å². The number of nitrogens with zero attached hydrogens (tertiary/aromatic N) is 8. The zero-order valence-corrected chi connectivity index (χ0v) is 25.4. The summed E-state index contributed by atoms with van der Waals surface area (Å²) in [6.07, 6.45) is 10.9. The van der Waals surface area contributed by atoms with Gasteiger partial charge in [-0.05, 0) is 51.5 Å². The van der Waals surface area contributed by atoms with E-state index in [0.29, 0.717) is 0 Å². The molecule has 0 amide bonds.